The van der Waals surface area contributed by atoms with Crippen LogP contribution in [0.15, 0.2) is 66.7 Å². The Balaban J connectivity index is 1.37. The first-order chi connectivity index (χ1) is 14.7. The highest BCUT2D eigenvalue weighted by atomic mass is 16.5. The molecule has 3 aromatic rings. The Hall–Kier alpha value is -3.38. The lowest BCUT2D eigenvalue weighted by atomic mass is 10.1. The van der Waals surface area contributed by atoms with Gasteiger partial charge in [0.25, 0.3) is 11.8 Å². The van der Waals surface area contributed by atoms with E-state index in [0.29, 0.717) is 23.5 Å². The Morgan fingerprint density at radius 3 is 2.67 bits per heavy atom. The van der Waals surface area contributed by atoms with Crippen molar-refractivity contribution in [2.45, 2.75) is 18.9 Å². The van der Waals surface area contributed by atoms with E-state index in [0.717, 1.165) is 30.2 Å². The summed E-state index contributed by atoms with van der Waals surface area (Å²) >= 11 is 0. The van der Waals surface area contributed by atoms with Crippen LogP contribution >= 0.6 is 0 Å². The van der Waals surface area contributed by atoms with Gasteiger partial charge in [-0.15, -0.1) is 0 Å². The van der Waals surface area contributed by atoms with Gasteiger partial charge in [-0.25, -0.2) is 0 Å². The molecule has 1 atom stereocenters. The largest absolute Gasteiger partial charge is 0.483 e. The molecule has 0 radical (unpaired) electrons. The molecule has 0 spiro atoms. The number of carbonyl (C=O) groups excluding carboxylic acids is 2. The van der Waals surface area contributed by atoms with Crippen molar-refractivity contribution in [3.63, 3.8) is 0 Å². The van der Waals surface area contributed by atoms with Crippen molar-refractivity contribution < 1.29 is 19.1 Å². The Morgan fingerprint density at radius 2 is 1.80 bits per heavy atom. The summed E-state index contributed by atoms with van der Waals surface area (Å²) in [4.78, 5) is 25.1. The molecule has 1 fully saturated rings. The van der Waals surface area contributed by atoms with Crippen molar-refractivity contribution in [3.05, 3.63) is 72.3 Å². The molecular weight excluding hydrogens is 380 g/mol. The minimum atomic E-state index is -0.331. The van der Waals surface area contributed by atoms with Gasteiger partial charge in [0.1, 0.15) is 5.75 Å². The van der Waals surface area contributed by atoms with Crippen LogP contribution in [0.25, 0.3) is 10.8 Å². The molecule has 2 amide bonds. The number of hydrogen-bond acceptors (Lipinski definition) is 4. The first-order valence-electron chi connectivity index (χ1n) is 10.1. The van der Waals surface area contributed by atoms with Crippen LogP contribution in [0, 0.1) is 0 Å². The van der Waals surface area contributed by atoms with E-state index < -0.39 is 0 Å². The second-order valence-corrected chi connectivity index (χ2v) is 7.20. The van der Waals surface area contributed by atoms with Gasteiger partial charge >= 0.3 is 0 Å². The number of anilines is 1. The summed E-state index contributed by atoms with van der Waals surface area (Å²) in [5, 5.41) is 7.66. The minimum Gasteiger partial charge on any atom is -0.483 e. The number of rotatable bonds is 7. The first-order valence-corrected chi connectivity index (χ1v) is 10.1. The van der Waals surface area contributed by atoms with E-state index in [9.17, 15) is 9.59 Å². The van der Waals surface area contributed by atoms with Gasteiger partial charge in [-0.05, 0) is 36.4 Å². The molecule has 2 N–H and O–H groups in total. The maximum Gasteiger partial charge on any atom is 0.262 e. The zero-order valence-corrected chi connectivity index (χ0v) is 16.6. The third kappa shape index (κ3) is 4.78. The molecule has 1 aliphatic heterocycles. The van der Waals surface area contributed by atoms with E-state index in [4.69, 9.17) is 9.47 Å². The highest BCUT2D eigenvalue weighted by molar-refractivity contribution is 6.04. The number of ether oxygens (including phenoxy) is 2. The molecule has 1 saturated heterocycles. The van der Waals surface area contributed by atoms with Crippen molar-refractivity contribution in [2.75, 3.05) is 25.1 Å². The van der Waals surface area contributed by atoms with Crippen LogP contribution in [0.4, 0.5) is 5.69 Å². The van der Waals surface area contributed by atoms with E-state index in [2.05, 4.69) is 10.6 Å². The molecule has 154 valence electrons. The topological polar surface area (TPSA) is 76.7 Å². The van der Waals surface area contributed by atoms with Crippen LogP contribution in [0.3, 0.4) is 0 Å². The molecule has 0 unspecified atom stereocenters. The zero-order valence-electron chi connectivity index (χ0n) is 16.6. The number of fused-ring (bicyclic) bond motifs is 1. The monoisotopic (exact) mass is 404 g/mol. The molecule has 30 heavy (non-hydrogen) atoms. The third-order valence-electron chi connectivity index (χ3n) is 5.07. The summed E-state index contributed by atoms with van der Waals surface area (Å²) in [7, 11) is 0. The number of amides is 2. The van der Waals surface area contributed by atoms with Crippen LogP contribution in [-0.4, -0.2) is 37.7 Å². The fraction of sp³-hybridized carbons (Fsp3) is 0.250. The second-order valence-electron chi connectivity index (χ2n) is 7.20. The quantitative estimate of drug-likeness (QED) is 0.629. The number of para-hydroxylation sites is 1. The molecule has 6 nitrogen and oxygen atoms in total. The SMILES string of the molecule is O=C(COc1cccc2ccccc12)Nc1ccccc1C(=O)NC[C@@H]1CCCO1. The first kappa shape index (κ1) is 19.9. The van der Waals surface area contributed by atoms with E-state index in [1.54, 1.807) is 24.3 Å². The number of benzene rings is 3. The molecule has 0 bridgehead atoms. The lowest BCUT2D eigenvalue weighted by Gasteiger charge is -2.14. The van der Waals surface area contributed by atoms with E-state index in [1.807, 2.05) is 42.5 Å². The lowest BCUT2D eigenvalue weighted by Crippen LogP contribution is -2.32. The van der Waals surface area contributed by atoms with Crippen molar-refractivity contribution >= 4 is 28.3 Å². The smallest absolute Gasteiger partial charge is 0.262 e. The minimum absolute atomic E-state index is 0.0600. The Morgan fingerprint density at radius 1 is 1.00 bits per heavy atom. The van der Waals surface area contributed by atoms with Gasteiger partial charge in [-0.2, -0.15) is 0 Å². The summed E-state index contributed by atoms with van der Waals surface area (Å²) in [6, 6.07) is 20.5. The fourth-order valence-electron chi connectivity index (χ4n) is 3.55. The number of nitrogens with one attached hydrogen (secondary N) is 2. The molecule has 0 aromatic heterocycles. The molecule has 3 aromatic carbocycles. The summed E-state index contributed by atoms with van der Waals surface area (Å²) in [5.41, 5.74) is 0.864. The Labute approximate surface area is 175 Å². The van der Waals surface area contributed by atoms with Crippen LogP contribution in [-0.2, 0) is 9.53 Å². The third-order valence-corrected chi connectivity index (χ3v) is 5.07. The zero-order chi connectivity index (χ0) is 20.8. The van der Waals surface area contributed by atoms with Crippen molar-refractivity contribution in [3.8, 4) is 5.75 Å². The van der Waals surface area contributed by atoms with E-state index in [-0.39, 0.29) is 24.5 Å². The highest BCUT2D eigenvalue weighted by Crippen LogP contribution is 2.25. The highest BCUT2D eigenvalue weighted by Gasteiger charge is 2.18. The molecule has 0 saturated carbocycles. The van der Waals surface area contributed by atoms with Crippen molar-refractivity contribution in [1.29, 1.82) is 0 Å². The Kier molecular flexibility index (Phi) is 6.25. The van der Waals surface area contributed by atoms with E-state index >= 15 is 0 Å². The van der Waals surface area contributed by atoms with Crippen molar-refractivity contribution in [1.82, 2.24) is 5.32 Å². The maximum absolute atomic E-state index is 12.6. The Bertz CT molecular complexity index is 1040. The second kappa shape index (κ2) is 9.41. The summed E-state index contributed by atoms with van der Waals surface area (Å²) in [6.45, 7) is 1.05. The fourth-order valence-corrected chi connectivity index (χ4v) is 3.55. The van der Waals surface area contributed by atoms with Crippen LogP contribution in [0.5, 0.6) is 5.75 Å². The van der Waals surface area contributed by atoms with E-state index in [1.165, 1.54) is 0 Å². The van der Waals surface area contributed by atoms with Gasteiger partial charge in [-0.3, -0.25) is 9.59 Å². The van der Waals surface area contributed by atoms with Gasteiger partial charge in [0.05, 0.1) is 17.4 Å². The standard InChI is InChI=1S/C24H24N2O4/c27-23(16-30-22-13-5-8-17-7-1-2-10-19(17)22)26-21-12-4-3-11-20(21)24(28)25-15-18-9-6-14-29-18/h1-5,7-8,10-13,18H,6,9,14-16H2,(H,25,28)(H,26,27)/t18-/m0/s1. The molecule has 1 heterocycles. The molecule has 0 aliphatic carbocycles. The molecule has 1 aliphatic rings. The summed E-state index contributed by atoms with van der Waals surface area (Å²) in [6.07, 6.45) is 2.03. The average Bonchev–Trinajstić information content (AvgIpc) is 3.30. The lowest BCUT2D eigenvalue weighted by molar-refractivity contribution is -0.118. The summed E-state index contributed by atoms with van der Waals surface area (Å²) < 4.78 is 11.3. The predicted octanol–water partition coefficient (Wildman–Crippen LogP) is 3.77. The number of hydrogen-bond donors (Lipinski definition) is 2. The molecular formula is C24H24N2O4. The average molecular weight is 404 g/mol. The number of carbonyl (C=O) groups is 2. The van der Waals surface area contributed by atoms with Crippen LogP contribution < -0.4 is 15.4 Å². The van der Waals surface area contributed by atoms with Gasteiger partial charge in [0.2, 0.25) is 0 Å². The summed E-state index contributed by atoms with van der Waals surface area (Å²) in [5.74, 6) is 0.0736. The van der Waals surface area contributed by atoms with Gasteiger partial charge in [0.15, 0.2) is 6.61 Å². The van der Waals surface area contributed by atoms with Crippen LogP contribution in [0.2, 0.25) is 0 Å². The predicted molar refractivity (Wildman–Crippen MR) is 116 cm³/mol. The van der Waals surface area contributed by atoms with Crippen LogP contribution in [0.1, 0.15) is 23.2 Å². The van der Waals surface area contributed by atoms with Crippen molar-refractivity contribution in [2.24, 2.45) is 0 Å². The maximum atomic E-state index is 12.6. The normalized spacial score (nSPS) is 15.7. The molecule has 4 rings (SSSR count). The van der Waals surface area contributed by atoms with Gasteiger partial charge < -0.3 is 20.1 Å². The molecule has 6 heteroatoms. The van der Waals surface area contributed by atoms with Gasteiger partial charge in [-0.1, -0.05) is 48.5 Å². The van der Waals surface area contributed by atoms with Gasteiger partial charge in [0, 0.05) is 18.5 Å².